The first-order valence-corrected chi connectivity index (χ1v) is 11.8. The van der Waals surface area contributed by atoms with E-state index in [1.165, 1.54) is 0 Å². The lowest BCUT2D eigenvalue weighted by molar-refractivity contribution is -0.139. The Morgan fingerprint density at radius 2 is 1.78 bits per heavy atom. The van der Waals surface area contributed by atoms with E-state index in [2.05, 4.69) is 4.98 Å². The van der Waals surface area contributed by atoms with Crippen LogP contribution >= 0.6 is 0 Å². The minimum atomic E-state index is -1.19. The van der Waals surface area contributed by atoms with Gasteiger partial charge in [0.15, 0.2) is 6.61 Å². The first kappa shape index (κ1) is 25.6. The van der Waals surface area contributed by atoms with Crippen molar-refractivity contribution < 1.29 is 24.2 Å². The van der Waals surface area contributed by atoms with Crippen LogP contribution in [0, 0.1) is 6.92 Å². The van der Waals surface area contributed by atoms with Crippen LogP contribution in [-0.4, -0.2) is 38.8 Å². The van der Waals surface area contributed by atoms with Crippen molar-refractivity contribution in [2.45, 2.75) is 33.2 Å². The van der Waals surface area contributed by atoms with Crippen LogP contribution < -0.4 is 16.2 Å². The molecule has 2 aromatic heterocycles. The molecule has 0 bridgehead atoms. The summed E-state index contributed by atoms with van der Waals surface area (Å²) in [6.07, 6.45) is 2.59. The molecule has 0 aliphatic carbocycles. The Morgan fingerprint density at radius 1 is 1.08 bits per heavy atom. The number of nitrogens with zero attached hydrogens (tertiary/aromatic N) is 2. The monoisotopic (exact) mass is 500 g/mol. The Bertz CT molecular complexity index is 1510. The molecule has 0 aliphatic rings. The van der Waals surface area contributed by atoms with Crippen LogP contribution in [0.3, 0.4) is 0 Å². The summed E-state index contributed by atoms with van der Waals surface area (Å²) in [7, 11) is 0. The molecule has 2 heterocycles. The molecule has 0 aliphatic heterocycles. The van der Waals surface area contributed by atoms with Gasteiger partial charge in [-0.05, 0) is 41.2 Å². The maximum absolute atomic E-state index is 13.0. The van der Waals surface area contributed by atoms with Crippen molar-refractivity contribution in [3.63, 3.8) is 0 Å². The molecule has 1 amide bonds. The van der Waals surface area contributed by atoms with E-state index in [4.69, 9.17) is 21.3 Å². The number of carbonyl (C=O) groups is 3. The Balaban J connectivity index is 1.95. The molecule has 0 radical (unpaired) electrons. The molecule has 9 heteroatoms. The van der Waals surface area contributed by atoms with E-state index in [9.17, 15) is 14.4 Å². The molecule has 0 unspecified atom stereocenters. The first-order chi connectivity index (χ1) is 17.7. The maximum atomic E-state index is 13.0. The number of benzene rings is 2. The fourth-order valence-corrected chi connectivity index (χ4v) is 4.60. The summed E-state index contributed by atoms with van der Waals surface area (Å²) in [4.78, 5) is 40.6. The van der Waals surface area contributed by atoms with Crippen LogP contribution in [0.15, 0.2) is 54.7 Å². The van der Waals surface area contributed by atoms with Gasteiger partial charge in [0.25, 0.3) is 11.7 Å². The number of primary amides is 1. The Morgan fingerprint density at radius 3 is 2.41 bits per heavy atom. The van der Waals surface area contributed by atoms with E-state index in [1.54, 1.807) is 17.5 Å². The summed E-state index contributed by atoms with van der Waals surface area (Å²) >= 11 is 0. The predicted octanol–water partition coefficient (Wildman–Crippen LogP) is 3.05. The van der Waals surface area contributed by atoms with Gasteiger partial charge < -0.3 is 25.7 Å². The molecular formula is C28H28N4O5. The van der Waals surface area contributed by atoms with Crippen molar-refractivity contribution in [2.24, 2.45) is 11.5 Å². The molecule has 0 fully saturated rings. The molecule has 4 aromatic rings. The predicted molar refractivity (Wildman–Crippen MR) is 139 cm³/mol. The van der Waals surface area contributed by atoms with Crippen molar-refractivity contribution >= 4 is 23.2 Å². The van der Waals surface area contributed by atoms with Crippen molar-refractivity contribution in [2.75, 3.05) is 6.61 Å². The standard InChI is InChI=1S/C28H28N4O5/c1-3-20-22(12-19-6-4-5-7-21(19)18-10-8-17(13-29)9-11-18)32-14-16(2)31-28(37-15-23(33)34)25(32)24(20)26(35)27(30)36/h4-11,14H,3,12-13,15,29H2,1-2H3,(H2,30,36)(H,33,34). The van der Waals surface area contributed by atoms with Gasteiger partial charge >= 0.3 is 5.97 Å². The highest BCUT2D eigenvalue weighted by atomic mass is 16.5. The number of amides is 1. The van der Waals surface area contributed by atoms with Crippen LogP contribution in [-0.2, 0) is 29.0 Å². The van der Waals surface area contributed by atoms with Crippen LogP contribution in [0.2, 0.25) is 0 Å². The molecule has 0 spiro atoms. The molecule has 9 nitrogen and oxygen atoms in total. The van der Waals surface area contributed by atoms with Crippen molar-refractivity contribution in [3.8, 4) is 17.0 Å². The topological polar surface area (TPSA) is 150 Å². The van der Waals surface area contributed by atoms with E-state index < -0.39 is 24.3 Å². The second-order valence-corrected chi connectivity index (χ2v) is 8.67. The molecule has 0 saturated carbocycles. The van der Waals surface area contributed by atoms with Crippen molar-refractivity contribution in [1.82, 2.24) is 9.38 Å². The van der Waals surface area contributed by atoms with Gasteiger partial charge in [-0.15, -0.1) is 0 Å². The lowest BCUT2D eigenvalue weighted by atomic mass is 9.93. The highest BCUT2D eigenvalue weighted by molar-refractivity contribution is 6.44. The van der Waals surface area contributed by atoms with E-state index in [1.807, 2.05) is 55.5 Å². The summed E-state index contributed by atoms with van der Waals surface area (Å²) < 4.78 is 7.23. The van der Waals surface area contributed by atoms with Gasteiger partial charge in [0.05, 0.1) is 11.3 Å². The number of hydrogen-bond acceptors (Lipinski definition) is 6. The highest BCUT2D eigenvalue weighted by Gasteiger charge is 2.29. The van der Waals surface area contributed by atoms with E-state index >= 15 is 0 Å². The molecule has 5 N–H and O–H groups in total. The Labute approximate surface area is 213 Å². The zero-order valence-electron chi connectivity index (χ0n) is 20.7. The zero-order chi connectivity index (χ0) is 26.7. The average Bonchev–Trinajstić information content (AvgIpc) is 3.19. The number of Topliss-reactive ketones (excluding diaryl/α,β-unsaturated/α-hetero) is 1. The van der Waals surface area contributed by atoms with Gasteiger partial charge in [-0.1, -0.05) is 55.5 Å². The number of fused-ring (bicyclic) bond motifs is 1. The molecule has 4 rings (SSSR count). The summed E-state index contributed by atoms with van der Waals surface area (Å²) in [6.45, 7) is 3.42. The van der Waals surface area contributed by atoms with Crippen LogP contribution in [0.4, 0.5) is 0 Å². The number of aryl methyl sites for hydroxylation is 1. The third kappa shape index (κ3) is 5.07. The van der Waals surface area contributed by atoms with E-state index in [0.29, 0.717) is 30.6 Å². The van der Waals surface area contributed by atoms with Gasteiger partial charge in [0.2, 0.25) is 5.88 Å². The van der Waals surface area contributed by atoms with Gasteiger partial charge in [-0.3, -0.25) is 9.59 Å². The number of carboxylic acids is 1. The summed E-state index contributed by atoms with van der Waals surface area (Å²) in [5.74, 6) is -3.23. The normalized spacial score (nSPS) is 11.0. The van der Waals surface area contributed by atoms with E-state index in [0.717, 1.165) is 27.9 Å². The summed E-state index contributed by atoms with van der Waals surface area (Å²) in [5, 5.41) is 9.15. The summed E-state index contributed by atoms with van der Waals surface area (Å²) in [5.41, 5.74) is 17.5. The fourth-order valence-electron chi connectivity index (χ4n) is 4.60. The number of nitrogens with two attached hydrogens (primary N) is 2. The first-order valence-electron chi connectivity index (χ1n) is 11.8. The minimum absolute atomic E-state index is 0.0430. The summed E-state index contributed by atoms with van der Waals surface area (Å²) in [6, 6.07) is 16.0. The highest BCUT2D eigenvalue weighted by Crippen LogP contribution is 2.34. The van der Waals surface area contributed by atoms with Gasteiger partial charge in [-0.25, -0.2) is 9.78 Å². The second-order valence-electron chi connectivity index (χ2n) is 8.67. The molecule has 37 heavy (non-hydrogen) atoms. The van der Waals surface area contributed by atoms with Crippen LogP contribution in [0.1, 0.15) is 45.4 Å². The largest absolute Gasteiger partial charge is 0.479 e. The van der Waals surface area contributed by atoms with Crippen LogP contribution in [0.25, 0.3) is 16.6 Å². The number of carbonyl (C=O) groups excluding carboxylic acids is 2. The van der Waals surface area contributed by atoms with Crippen LogP contribution in [0.5, 0.6) is 5.88 Å². The van der Waals surface area contributed by atoms with Crippen molar-refractivity contribution in [1.29, 1.82) is 0 Å². The van der Waals surface area contributed by atoms with Crippen molar-refractivity contribution in [3.05, 3.63) is 88.4 Å². The number of ketones is 1. The number of carboxylic acid groups (broad SMARTS) is 1. The Kier molecular flexibility index (Phi) is 7.35. The van der Waals surface area contributed by atoms with Gasteiger partial charge in [-0.2, -0.15) is 0 Å². The quantitative estimate of drug-likeness (QED) is 0.224. The number of ether oxygens (including phenoxy) is 1. The van der Waals surface area contributed by atoms with E-state index in [-0.39, 0.29) is 17.0 Å². The lowest BCUT2D eigenvalue weighted by Crippen LogP contribution is -2.24. The number of aromatic nitrogens is 2. The molecular weight excluding hydrogens is 472 g/mol. The number of aliphatic carboxylic acids is 1. The fraction of sp³-hybridized carbons (Fsp3) is 0.214. The third-order valence-corrected chi connectivity index (χ3v) is 6.23. The number of hydrogen-bond donors (Lipinski definition) is 3. The SMILES string of the molecule is CCc1c(C(=O)C(N)=O)c2c(OCC(=O)O)nc(C)cn2c1Cc1ccccc1-c1ccc(CN)cc1. The zero-order valence-corrected chi connectivity index (χ0v) is 20.7. The lowest BCUT2D eigenvalue weighted by Gasteiger charge is -2.13. The minimum Gasteiger partial charge on any atom is -0.479 e. The molecule has 2 aromatic carbocycles. The smallest absolute Gasteiger partial charge is 0.341 e. The maximum Gasteiger partial charge on any atom is 0.341 e. The average molecular weight is 501 g/mol. The number of rotatable bonds is 10. The molecule has 0 atom stereocenters. The van der Waals surface area contributed by atoms with Gasteiger partial charge in [0, 0.05) is 24.9 Å². The second kappa shape index (κ2) is 10.6. The third-order valence-electron chi connectivity index (χ3n) is 6.23. The Hall–Kier alpha value is -4.50. The molecule has 190 valence electrons. The van der Waals surface area contributed by atoms with Gasteiger partial charge in [0.1, 0.15) is 5.52 Å². The molecule has 0 saturated heterocycles.